The average Bonchev–Trinajstić information content (AvgIpc) is 0.785. The van der Waals surface area contributed by atoms with Crippen LogP contribution in [-0.2, 0) is 64.7 Å². The average molecular weight is 1760 g/mol. The second-order valence-electron chi connectivity index (χ2n) is 29.6. The van der Waals surface area contributed by atoms with Crippen LogP contribution in [0.5, 0.6) is 11.5 Å². The molecule has 6 heterocycles. The van der Waals surface area contributed by atoms with Crippen LogP contribution in [0, 0.1) is 41.6 Å². The number of morpholine rings is 3. The Labute approximate surface area is 694 Å². The number of nitrogens with zero attached hydrogens (tertiary/aromatic N) is 9. The zero-order chi connectivity index (χ0) is 87.8. The highest BCUT2D eigenvalue weighted by atomic mass is 35.5. The van der Waals surface area contributed by atoms with E-state index in [9.17, 15) is 92.3 Å². The van der Waals surface area contributed by atoms with E-state index in [1.807, 2.05) is 11.0 Å². The number of primary sulfonamides is 2. The van der Waals surface area contributed by atoms with Gasteiger partial charge in [-0.15, -0.1) is 0 Å². The molecule has 650 valence electrons. The van der Waals surface area contributed by atoms with Gasteiger partial charge in [0.25, 0.3) is 11.4 Å². The Bertz CT molecular complexity index is 5330. The van der Waals surface area contributed by atoms with Gasteiger partial charge >= 0.3 is 11.9 Å². The summed E-state index contributed by atoms with van der Waals surface area (Å²) in [5.41, 5.74) is 7.15. The van der Waals surface area contributed by atoms with E-state index in [-0.39, 0.29) is 86.3 Å². The predicted molar refractivity (Wildman–Crippen MR) is 437 cm³/mol. The molecule has 4 saturated heterocycles. The number of nitro groups is 3. The number of halogens is 5. The van der Waals surface area contributed by atoms with Crippen LogP contribution >= 0.6 is 11.6 Å². The summed E-state index contributed by atoms with van der Waals surface area (Å²) in [5.74, 6) is -2.46. The number of allylic oxidation sites excluding steroid dienone is 1. The Morgan fingerprint density at radius 1 is 0.658 bits per heavy atom. The van der Waals surface area contributed by atoms with E-state index in [0.29, 0.717) is 147 Å². The number of benzene rings is 5. The molecule has 0 saturated carbocycles. The number of H-pyrrole nitrogens is 1. The Morgan fingerprint density at radius 2 is 1.17 bits per heavy atom. The van der Waals surface area contributed by atoms with Crippen LogP contribution in [0.3, 0.4) is 0 Å². The molecule has 3 unspecified atom stereocenters. The number of alkyl halides is 3. The number of fused-ring (bicyclic) bond motifs is 1. The van der Waals surface area contributed by atoms with Gasteiger partial charge in [0, 0.05) is 152 Å². The molecule has 9 N–H and O–H groups in total. The van der Waals surface area contributed by atoms with Gasteiger partial charge in [-0.3, -0.25) is 54.4 Å². The Balaban J connectivity index is 0.000000257. The Morgan fingerprint density at radius 3 is 1.67 bits per heavy atom. The van der Waals surface area contributed by atoms with Crippen LogP contribution in [0.1, 0.15) is 94.6 Å². The van der Waals surface area contributed by atoms with E-state index < -0.39 is 94.9 Å². The van der Waals surface area contributed by atoms with Gasteiger partial charge in [-0.1, -0.05) is 37.1 Å². The van der Waals surface area contributed by atoms with Crippen LogP contribution in [-0.4, -0.2) is 229 Å². The number of aromatic nitrogens is 2. The van der Waals surface area contributed by atoms with Gasteiger partial charge in [0.1, 0.15) is 34.3 Å². The van der Waals surface area contributed by atoms with Crippen molar-refractivity contribution in [3.05, 3.63) is 179 Å². The number of anilines is 3. The van der Waals surface area contributed by atoms with Crippen molar-refractivity contribution in [2.45, 2.75) is 112 Å². The third-order valence-electron chi connectivity index (χ3n) is 20.4. The van der Waals surface area contributed by atoms with Gasteiger partial charge in [-0.05, 0) is 134 Å². The summed E-state index contributed by atoms with van der Waals surface area (Å²) in [7, 11) is -12.5. The predicted octanol–water partition coefficient (Wildman–Crippen LogP) is 9.68. The molecule has 120 heavy (non-hydrogen) atoms. The number of rotatable bonds is 25. The van der Waals surface area contributed by atoms with E-state index >= 15 is 0 Å². The topological polar surface area (TPSA) is 484 Å². The number of sulfone groups is 1. The number of hydrogen-bond donors (Lipinski definition) is 6. The van der Waals surface area contributed by atoms with Gasteiger partial charge in [-0.25, -0.2) is 40.5 Å². The maximum atomic E-state index is 14.1. The molecule has 0 radical (unpaired) electrons. The molecule has 0 bridgehead atoms. The zero-order valence-electron chi connectivity index (χ0n) is 66.2. The number of nitrogens with two attached hydrogens (primary N) is 3. The summed E-state index contributed by atoms with van der Waals surface area (Å²) >= 11 is 6.54. The van der Waals surface area contributed by atoms with Crippen LogP contribution in [0.2, 0.25) is 5.02 Å². The van der Waals surface area contributed by atoms with E-state index in [0.717, 1.165) is 78.4 Å². The van der Waals surface area contributed by atoms with E-state index in [1.165, 1.54) is 56.4 Å². The molecule has 0 spiro atoms. The molecule has 7 aromatic rings. The van der Waals surface area contributed by atoms with E-state index in [2.05, 4.69) is 44.2 Å². The summed E-state index contributed by atoms with van der Waals surface area (Å²) in [6, 6.07) is 21.1. The van der Waals surface area contributed by atoms with Crippen LogP contribution < -0.4 is 36.3 Å². The first-order chi connectivity index (χ1) is 56.5. The number of sulfonamides is 2. The number of ether oxygens (including phenoxy) is 4. The molecule has 43 heteroatoms. The lowest BCUT2D eigenvalue weighted by atomic mass is 9.72. The smallest absolute Gasteiger partial charge is 0.416 e. The number of carbonyl (C=O) groups is 4. The second-order valence-corrected chi connectivity index (χ2v) is 35.2. The van der Waals surface area contributed by atoms with Gasteiger partial charge in [0.2, 0.25) is 43.6 Å². The minimum absolute atomic E-state index is 0.0159. The van der Waals surface area contributed by atoms with Gasteiger partial charge < -0.3 is 59.9 Å². The minimum atomic E-state index is -4.50. The lowest BCUT2D eigenvalue weighted by Crippen LogP contribution is -2.47. The SMILES string of the molecule is CC(=O)N1CCOC(CCN)C1.CC(=O)N1CCOC(CCNc2ccc(S(=O)(=O)CC(=O)c3ccc(N4CCN(CC5=C(c6ccc(C(F)(F)F)cc6Cl)CC(C)(C)CC5)CC4)cc3Oc3cnc4[nH]ccc4c3)cc2[N+](=O)[O-])C1.CC(=O)N1CCOC(CCNc2ccc(S(N)(=O)=O)cc2[N+](=O)[O-])C1.NS(=O)(=O)c1ccc(F)c([N+](=O)[O-])c1. The number of nitro benzene ring substituents is 3. The van der Waals surface area contributed by atoms with Crippen LogP contribution in [0.4, 0.5) is 51.7 Å². The van der Waals surface area contributed by atoms with Crippen molar-refractivity contribution in [2.24, 2.45) is 21.4 Å². The Kier molecular flexibility index (Phi) is 31.8. The summed E-state index contributed by atoms with van der Waals surface area (Å²) < 4.78 is 148. The molecule has 1 aliphatic carbocycles. The molecule has 4 fully saturated rings. The number of ketones is 1. The van der Waals surface area contributed by atoms with Gasteiger partial charge in [0.15, 0.2) is 15.6 Å². The fraction of sp³-hybridized carbons (Fsp3) is 0.442. The molecule has 35 nitrogen and oxygen atoms in total. The molecule has 5 aromatic carbocycles. The monoisotopic (exact) mass is 1760 g/mol. The molecule has 3 amide bonds. The normalized spacial score (nSPS) is 17.9. The molecular weight excluding hydrogens is 1660 g/mol. The summed E-state index contributed by atoms with van der Waals surface area (Å²) in [4.78, 5) is 95.3. The lowest BCUT2D eigenvalue weighted by molar-refractivity contribution is -0.387. The standard InChI is InChI=1S/C49H53ClF3N7O8S.C14H20N4O6S.C8H16N2O2.C6H5FN2O4S/c1-31(61)59-20-21-67-36(29-59)12-15-54-43-9-6-38(25-44(43)60(63)64)69(65,66)30-45(62)40-8-5-35(24-46(40)68-37-22-32-11-14-55-47(32)56-27-37)58-18-16-57(17-19-58)28-33-10-13-48(2,3)26-41(33)39-7-4-34(23-42(39)50)49(51,52)53;1-10(19)17-6-7-24-11(9-17)4-5-16-13-3-2-12(25(15,22)23)8-14(13)18(20)21;1-7(11)10-4-5-12-8(6-10)2-3-9;7-5-2-1-4(14(8,12)13)3-6(5)9(10)11/h4-9,11,14,22-25,27,36,54H,10,12-13,15-21,26,28-30H2,1-3H3,(H,55,56);2-3,8,11,16H,4-7,9H2,1H3,(H2,15,22,23);8H,2-6,9H2,1H3;1-3H,(H2,8,12,13). The first-order valence-electron chi connectivity index (χ1n) is 37.9. The lowest BCUT2D eigenvalue weighted by Gasteiger charge is -2.39. The molecular formula is C77H94ClF4N15O20S3. The van der Waals surface area contributed by atoms with Crippen molar-refractivity contribution in [3.63, 3.8) is 0 Å². The van der Waals surface area contributed by atoms with Crippen molar-refractivity contribution in [1.82, 2.24) is 29.6 Å². The second kappa shape index (κ2) is 40.8. The largest absolute Gasteiger partial charge is 0.455 e. The number of nitrogens with one attached hydrogen (secondary N) is 3. The highest BCUT2D eigenvalue weighted by Crippen LogP contribution is 2.46. The third-order valence-corrected chi connectivity index (χ3v) is 24.2. The minimum Gasteiger partial charge on any atom is -0.455 e. The maximum Gasteiger partial charge on any atom is 0.416 e. The van der Waals surface area contributed by atoms with Crippen LogP contribution in [0.15, 0.2) is 136 Å². The summed E-state index contributed by atoms with van der Waals surface area (Å²) in [6.07, 6.45) is 2.63. The number of aromatic amines is 1. The van der Waals surface area contributed by atoms with Crippen molar-refractivity contribution in [3.8, 4) is 11.5 Å². The van der Waals surface area contributed by atoms with Crippen molar-refractivity contribution in [1.29, 1.82) is 0 Å². The fourth-order valence-corrected chi connectivity index (χ4v) is 16.5. The van der Waals surface area contributed by atoms with Crippen molar-refractivity contribution < 1.29 is 95.7 Å². The quantitative estimate of drug-likeness (QED) is 0.0134. The molecule has 5 aliphatic rings. The number of amides is 3. The number of piperazine rings is 1. The van der Waals surface area contributed by atoms with Crippen LogP contribution in [0.25, 0.3) is 16.6 Å². The Hall–Kier alpha value is -10.4. The van der Waals surface area contributed by atoms with Crippen molar-refractivity contribution >= 4 is 116 Å². The van der Waals surface area contributed by atoms with Crippen molar-refractivity contribution in [2.75, 3.05) is 133 Å². The van der Waals surface area contributed by atoms with E-state index in [1.54, 1.807) is 41.1 Å². The van der Waals surface area contributed by atoms with Gasteiger partial charge in [-0.2, -0.15) is 17.6 Å². The highest BCUT2D eigenvalue weighted by molar-refractivity contribution is 7.92. The maximum absolute atomic E-state index is 14.1. The molecule has 2 aromatic heterocycles. The number of carbonyl (C=O) groups excluding carboxylic acids is 4. The first-order valence-corrected chi connectivity index (χ1v) is 43.0. The summed E-state index contributed by atoms with van der Waals surface area (Å²) in [6.45, 7) is 18.0. The molecule has 12 rings (SSSR count). The van der Waals surface area contributed by atoms with E-state index in [4.69, 9.17) is 46.6 Å². The highest BCUT2D eigenvalue weighted by Gasteiger charge is 2.36. The fourth-order valence-electron chi connectivity index (χ4n) is 13.9. The summed E-state index contributed by atoms with van der Waals surface area (Å²) in [5, 5.41) is 50.0. The molecule has 3 atom stereocenters. The number of Topliss-reactive ketones (excluding diaryl/α,β-unsaturated/α-hetero) is 1. The number of hydrogen-bond acceptors (Lipinski definition) is 26. The van der Waals surface area contributed by atoms with Gasteiger partial charge in [0.05, 0.1) is 84.9 Å². The molecule has 4 aliphatic heterocycles. The number of pyridine rings is 1. The first kappa shape index (κ1) is 93.5. The third kappa shape index (κ3) is 26.1. The zero-order valence-corrected chi connectivity index (χ0v) is 69.4.